The van der Waals surface area contributed by atoms with E-state index in [2.05, 4.69) is 10.3 Å². The molecule has 29 heavy (non-hydrogen) atoms. The molecule has 7 heteroatoms. The molecule has 0 fully saturated rings. The van der Waals surface area contributed by atoms with Crippen LogP contribution in [-0.2, 0) is 6.61 Å². The molecule has 146 valence electrons. The second-order valence-corrected chi connectivity index (χ2v) is 6.55. The van der Waals surface area contributed by atoms with Crippen LogP contribution in [0.4, 0.5) is 14.5 Å². The average Bonchev–Trinajstić information content (AvgIpc) is 3.10. The lowest BCUT2D eigenvalue weighted by molar-refractivity contribution is 0.102. The highest BCUT2D eigenvalue weighted by Crippen LogP contribution is 2.22. The van der Waals surface area contributed by atoms with E-state index in [4.69, 9.17) is 4.74 Å². The second-order valence-electron chi connectivity index (χ2n) is 6.55. The van der Waals surface area contributed by atoms with Gasteiger partial charge in [0.15, 0.2) is 0 Å². The van der Waals surface area contributed by atoms with Crippen molar-refractivity contribution in [1.82, 2.24) is 9.38 Å². The maximum Gasteiger partial charge on any atom is 0.259 e. The molecule has 0 atom stereocenters. The highest BCUT2D eigenvalue weighted by molar-refractivity contribution is 6.06. The summed E-state index contributed by atoms with van der Waals surface area (Å²) in [5.41, 5.74) is 2.86. The number of hydrogen-bond donors (Lipinski definition) is 1. The van der Waals surface area contributed by atoms with Gasteiger partial charge < -0.3 is 14.5 Å². The Morgan fingerprint density at radius 1 is 1.10 bits per heavy atom. The highest BCUT2D eigenvalue weighted by atomic mass is 19.1. The van der Waals surface area contributed by atoms with Gasteiger partial charge in [-0.1, -0.05) is 18.2 Å². The molecule has 1 N–H and O–H groups in total. The number of aromatic nitrogens is 2. The minimum absolute atomic E-state index is 0.0260. The first-order chi connectivity index (χ1) is 14.0. The monoisotopic (exact) mass is 393 g/mol. The van der Waals surface area contributed by atoms with Crippen LogP contribution in [0.15, 0.2) is 67.0 Å². The molecule has 0 saturated heterocycles. The van der Waals surface area contributed by atoms with Gasteiger partial charge in [0.2, 0.25) is 0 Å². The van der Waals surface area contributed by atoms with Crippen LogP contribution in [0, 0.1) is 18.6 Å². The van der Waals surface area contributed by atoms with Crippen LogP contribution in [0.5, 0.6) is 5.75 Å². The fourth-order valence-corrected chi connectivity index (χ4v) is 3.03. The summed E-state index contributed by atoms with van der Waals surface area (Å²) in [6, 6.07) is 13.4. The van der Waals surface area contributed by atoms with Crippen LogP contribution in [0.3, 0.4) is 0 Å². The number of amides is 1. The van der Waals surface area contributed by atoms with Crippen LogP contribution in [-0.4, -0.2) is 15.3 Å². The maximum absolute atomic E-state index is 13.4. The van der Waals surface area contributed by atoms with E-state index in [1.165, 1.54) is 0 Å². The summed E-state index contributed by atoms with van der Waals surface area (Å²) in [5.74, 6) is -1.73. The number of hydrogen-bond acceptors (Lipinski definition) is 3. The van der Waals surface area contributed by atoms with Crippen molar-refractivity contribution in [3.05, 3.63) is 95.4 Å². The molecule has 0 bridgehead atoms. The van der Waals surface area contributed by atoms with E-state index < -0.39 is 17.5 Å². The number of carbonyl (C=O) groups excluding carboxylic acids is 1. The van der Waals surface area contributed by atoms with Gasteiger partial charge in [-0.05, 0) is 42.8 Å². The molecule has 2 aromatic heterocycles. The Hall–Kier alpha value is -3.74. The van der Waals surface area contributed by atoms with Crippen molar-refractivity contribution in [3.63, 3.8) is 0 Å². The minimum atomic E-state index is -0.771. The molecule has 4 aromatic rings. The number of aryl methyl sites for hydroxylation is 1. The molecule has 0 aliphatic heterocycles. The minimum Gasteiger partial charge on any atom is -0.486 e. The Morgan fingerprint density at radius 3 is 2.62 bits per heavy atom. The van der Waals surface area contributed by atoms with E-state index in [9.17, 15) is 13.6 Å². The summed E-state index contributed by atoms with van der Waals surface area (Å²) < 4.78 is 34.4. The molecule has 0 unspecified atom stereocenters. The largest absolute Gasteiger partial charge is 0.486 e. The van der Waals surface area contributed by atoms with Gasteiger partial charge in [0, 0.05) is 24.1 Å². The highest BCUT2D eigenvalue weighted by Gasteiger charge is 2.14. The zero-order valence-corrected chi connectivity index (χ0v) is 15.5. The number of imidazole rings is 1. The van der Waals surface area contributed by atoms with Crippen molar-refractivity contribution in [3.8, 4) is 5.75 Å². The van der Waals surface area contributed by atoms with Crippen LogP contribution in [0.1, 0.15) is 21.6 Å². The number of ether oxygens (including phenoxy) is 1. The average molecular weight is 393 g/mol. The molecule has 4 rings (SSSR count). The molecule has 5 nitrogen and oxygen atoms in total. The lowest BCUT2D eigenvalue weighted by atomic mass is 10.2. The molecule has 1 amide bonds. The van der Waals surface area contributed by atoms with Crippen molar-refractivity contribution in [2.45, 2.75) is 13.5 Å². The van der Waals surface area contributed by atoms with E-state index >= 15 is 0 Å². The van der Waals surface area contributed by atoms with Crippen LogP contribution in [0.2, 0.25) is 0 Å². The van der Waals surface area contributed by atoms with Crippen molar-refractivity contribution in [2.24, 2.45) is 0 Å². The number of carbonyl (C=O) groups is 1. The van der Waals surface area contributed by atoms with E-state index in [1.807, 2.05) is 35.9 Å². The van der Waals surface area contributed by atoms with Gasteiger partial charge in [-0.25, -0.2) is 13.8 Å². The molecule has 0 aliphatic carbocycles. The quantitative estimate of drug-likeness (QED) is 0.532. The number of halogens is 2. The smallest absolute Gasteiger partial charge is 0.259 e. The summed E-state index contributed by atoms with van der Waals surface area (Å²) in [6.45, 7) is 2.14. The van der Waals surface area contributed by atoms with Gasteiger partial charge in [-0.3, -0.25) is 4.79 Å². The summed E-state index contributed by atoms with van der Waals surface area (Å²) in [7, 11) is 0. The number of rotatable bonds is 5. The SMILES string of the molecule is Cc1cccn2cc(COc3ccccc3C(=O)Nc3cc(F)cc(F)c3)nc12. The third kappa shape index (κ3) is 4.08. The van der Waals surface area contributed by atoms with Crippen molar-refractivity contribution >= 4 is 17.2 Å². The van der Waals surface area contributed by atoms with Gasteiger partial charge in [-0.2, -0.15) is 0 Å². The molecule has 0 radical (unpaired) electrons. The molecule has 0 aliphatic rings. The fraction of sp³-hybridized carbons (Fsp3) is 0.0909. The topological polar surface area (TPSA) is 55.6 Å². The first kappa shape index (κ1) is 18.6. The number of nitrogens with one attached hydrogen (secondary N) is 1. The standard InChI is InChI=1S/C22H17F2N3O2/c1-14-5-4-8-27-12-18(25-21(14)27)13-29-20-7-3-2-6-19(20)22(28)26-17-10-15(23)9-16(24)11-17/h2-12H,13H2,1H3,(H,26,28). The summed E-state index contributed by atoms with van der Waals surface area (Å²) in [6.07, 6.45) is 3.76. The molecule has 2 aromatic carbocycles. The summed E-state index contributed by atoms with van der Waals surface area (Å²) in [4.78, 5) is 17.1. The predicted octanol–water partition coefficient (Wildman–Crippen LogP) is 4.75. The molecule has 2 heterocycles. The van der Waals surface area contributed by atoms with Gasteiger partial charge >= 0.3 is 0 Å². The maximum atomic E-state index is 13.4. The molecular formula is C22H17F2N3O2. The Balaban J connectivity index is 1.52. The van der Waals surface area contributed by atoms with Crippen LogP contribution >= 0.6 is 0 Å². The Kier molecular flexibility index (Phi) is 4.95. The molecular weight excluding hydrogens is 376 g/mol. The number of pyridine rings is 1. The fourth-order valence-electron chi connectivity index (χ4n) is 3.03. The Morgan fingerprint density at radius 2 is 1.86 bits per heavy atom. The van der Waals surface area contributed by atoms with Crippen molar-refractivity contribution in [1.29, 1.82) is 0 Å². The van der Waals surface area contributed by atoms with Crippen molar-refractivity contribution in [2.75, 3.05) is 5.32 Å². The van der Waals surface area contributed by atoms with E-state index in [0.717, 1.165) is 29.4 Å². The van der Waals surface area contributed by atoms with Gasteiger partial charge in [0.1, 0.15) is 29.6 Å². The first-order valence-electron chi connectivity index (χ1n) is 8.92. The number of benzene rings is 2. The van der Waals surface area contributed by atoms with E-state index in [-0.39, 0.29) is 17.9 Å². The molecule has 0 spiro atoms. The van der Waals surface area contributed by atoms with Gasteiger partial charge in [-0.15, -0.1) is 0 Å². The zero-order chi connectivity index (χ0) is 20.4. The Bertz CT molecular complexity index is 1180. The summed E-state index contributed by atoms with van der Waals surface area (Å²) >= 11 is 0. The van der Waals surface area contributed by atoms with E-state index in [1.54, 1.807) is 24.3 Å². The number of fused-ring (bicyclic) bond motifs is 1. The van der Waals surface area contributed by atoms with E-state index in [0.29, 0.717) is 11.4 Å². The number of para-hydroxylation sites is 1. The van der Waals surface area contributed by atoms with Crippen LogP contribution in [0.25, 0.3) is 5.65 Å². The number of anilines is 1. The first-order valence-corrected chi connectivity index (χ1v) is 8.92. The third-order valence-electron chi connectivity index (χ3n) is 4.36. The van der Waals surface area contributed by atoms with Gasteiger partial charge in [0.25, 0.3) is 5.91 Å². The lowest BCUT2D eigenvalue weighted by Crippen LogP contribution is -2.14. The predicted molar refractivity (Wildman–Crippen MR) is 105 cm³/mol. The summed E-state index contributed by atoms with van der Waals surface area (Å²) in [5, 5.41) is 2.49. The lowest BCUT2D eigenvalue weighted by Gasteiger charge is -2.11. The third-order valence-corrected chi connectivity index (χ3v) is 4.36. The molecule has 0 saturated carbocycles. The van der Waals surface area contributed by atoms with Crippen LogP contribution < -0.4 is 10.1 Å². The van der Waals surface area contributed by atoms with Gasteiger partial charge in [0.05, 0.1) is 11.3 Å². The normalized spacial score (nSPS) is 10.9. The van der Waals surface area contributed by atoms with Crippen molar-refractivity contribution < 1.29 is 18.3 Å². The Labute approximate surface area is 165 Å². The zero-order valence-electron chi connectivity index (χ0n) is 15.5. The number of nitrogens with zero attached hydrogens (tertiary/aromatic N) is 2. The second kappa shape index (κ2) is 7.71.